The topological polar surface area (TPSA) is 39.7 Å². The van der Waals surface area contributed by atoms with E-state index in [0.717, 1.165) is 24.7 Å². The Morgan fingerprint density at radius 1 is 0.676 bits per heavy atom. The molecule has 2 aromatic rings. The van der Waals surface area contributed by atoms with Gasteiger partial charge in [0.25, 0.3) is 0 Å². The summed E-state index contributed by atoms with van der Waals surface area (Å²) in [6.07, 6.45) is 3.75. The second-order valence-corrected chi connectivity index (χ2v) is 11.0. The highest BCUT2D eigenvalue weighted by Gasteiger charge is 2.20. The van der Waals surface area contributed by atoms with E-state index in [-0.39, 0.29) is 0 Å². The van der Waals surface area contributed by atoms with Crippen LogP contribution in [0.1, 0.15) is 121 Å². The molecule has 0 aromatic heterocycles. The van der Waals surface area contributed by atoms with Crippen molar-refractivity contribution in [3.63, 3.8) is 0 Å². The number of piperidine rings is 1. The van der Waals surface area contributed by atoms with Crippen LogP contribution in [0.5, 0.6) is 0 Å². The van der Waals surface area contributed by atoms with Gasteiger partial charge in [0.2, 0.25) is 5.96 Å². The summed E-state index contributed by atoms with van der Waals surface area (Å²) in [7, 11) is 0. The minimum Gasteiger partial charge on any atom is -0.324 e. The van der Waals surface area contributed by atoms with Crippen molar-refractivity contribution < 1.29 is 0 Å². The molecule has 1 fully saturated rings. The number of hydrogen-bond donors (Lipinski definition) is 2. The molecule has 2 aromatic carbocycles. The van der Waals surface area contributed by atoms with Gasteiger partial charge in [0.05, 0.1) is 5.69 Å². The first-order chi connectivity index (χ1) is 16.2. The van der Waals surface area contributed by atoms with Crippen molar-refractivity contribution in [3.05, 3.63) is 58.7 Å². The van der Waals surface area contributed by atoms with E-state index in [4.69, 9.17) is 4.99 Å². The maximum atomic E-state index is 5.34. The zero-order valence-corrected chi connectivity index (χ0v) is 22.7. The third-order valence-electron chi connectivity index (χ3n) is 6.80. The number of aliphatic imine (C=N–C) groups is 1. The number of hydrazine groups is 1. The molecule has 4 heteroatoms. The van der Waals surface area contributed by atoms with Crippen LogP contribution in [0, 0.1) is 0 Å². The number of guanidine groups is 1. The summed E-state index contributed by atoms with van der Waals surface area (Å²) in [5.41, 5.74) is 11.3. The van der Waals surface area contributed by atoms with Crippen molar-refractivity contribution in [1.29, 1.82) is 0 Å². The second kappa shape index (κ2) is 11.9. The Labute approximate surface area is 208 Å². The molecule has 0 aliphatic carbocycles. The average molecular weight is 463 g/mol. The predicted octanol–water partition coefficient (Wildman–Crippen LogP) is 8.27. The van der Waals surface area contributed by atoms with Gasteiger partial charge in [0.1, 0.15) is 0 Å². The molecule has 0 saturated carbocycles. The molecule has 0 bridgehead atoms. The van der Waals surface area contributed by atoms with Crippen molar-refractivity contribution in [3.8, 4) is 0 Å². The summed E-state index contributed by atoms with van der Waals surface area (Å²) >= 11 is 0. The molecule has 0 amide bonds. The highest BCUT2D eigenvalue weighted by atomic mass is 15.5. The third-order valence-corrected chi connectivity index (χ3v) is 6.80. The molecule has 0 unspecified atom stereocenters. The molecular weight excluding hydrogens is 416 g/mol. The molecule has 0 radical (unpaired) electrons. The number of nitrogens with zero attached hydrogens (tertiary/aromatic N) is 2. The van der Waals surface area contributed by atoms with Crippen LogP contribution in [0.25, 0.3) is 0 Å². The first-order valence-electron chi connectivity index (χ1n) is 13.3. The summed E-state index contributed by atoms with van der Waals surface area (Å²) in [6.45, 7) is 20.2. The fourth-order valence-corrected chi connectivity index (χ4v) is 4.80. The number of anilines is 1. The Balaban J connectivity index is 2.15. The van der Waals surface area contributed by atoms with Crippen LogP contribution in [0.3, 0.4) is 0 Å². The van der Waals surface area contributed by atoms with E-state index in [1.54, 1.807) is 0 Å². The molecule has 3 rings (SSSR count). The van der Waals surface area contributed by atoms with Gasteiger partial charge in [-0.25, -0.2) is 10.0 Å². The summed E-state index contributed by atoms with van der Waals surface area (Å²) < 4.78 is 0. The lowest BCUT2D eigenvalue weighted by Crippen LogP contribution is -2.47. The van der Waals surface area contributed by atoms with Gasteiger partial charge in [-0.3, -0.25) is 5.43 Å². The maximum absolute atomic E-state index is 5.34. The molecule has 4 nitrogen and oxygen atoms in total. The monoisotopic (exact) mass is 462 g/mol. The van der Waals surface area contributed by atoms with Crippen molar-refractivity contribution in [2.75, 3.05) is 18.4 Å². The molecule has 1 saturated heterocycles. The first-order valence-corrected chi connectivity index (χ1v) is 13.3. The molecule has 2 N–H and O–H groups in total. The summed E-state index contributed by atoms with van der Waals surface area (Å²) in [4.78, 5) is 5.34. The molecular formula is C30H46N4. The minimum atomic E-state index is 0.405. The molecule has 0 spiro atoms. The van der Waals surface area contributed by atoms with Crippen LogP contribution >= 0.6 is 0 Å². The molecule has 186 valence electrons. The van der Waals surface area contributed by atoms with Gasteiger partial charge in [-0.15, -0.1) is 0 Å². The van der Waals surface area contributed by atoms with E-state index >= 15 is 0 Å². The number of benzene rings is 2. The molecule has 0 atom stereocenters. The smallest absolute Gasteiger partial charge is 0.215 e. The van der Waals surface area contributed by atoms with Crippen molar-refractivity contribution in [2.24, 2.45) is 4.99 Å². The predicted molar refractivity (Wildman–Crippen MR) is 149 cm³/mol. The third kappa shape index (κ3) is 6.41. The quantitative estimate of drug-likeness (QED) is 0.321. The minimum absolute atomic E-state index is 0.405. The highest BCUT2D eigenvalue weighted by Crippen LogP contribution is 2.36. The van der Waals surface area contributed by atoms with Crippen LogP contribution < -0.4 is 10.7 Å². The van der Waals surface area contributed by atoms with Gasteiger partial charge in [-0.2, -0.15) is 0 Å². The van der Waals surface area contributed by atoms with Gasteiger partial charge in [-0.05, 0) is 58.8 Å². The lowest BCUT2D eigenvalue weighted by molar-refractivity contribution is 0.194. The normalized spacial score (nSPS) is 15.6. The Hall–Kier alpha value is -2.33. The van der Waals surface area contributed by atoms with E-state index in [0.29, 0.717) is 23.7 Å². The Kier molecular flexibility index (Phi) is 9.18. The zero-order valence-electron chi connectivity index (χ0n) is 22.7. The van der Waals surface area contributed by atoms with Gasteiger partial charge < -0.3 is 5.32 Å². The molecule has 34 heavy (non-hydrogen) atoms. The number of para-hydroxylation sites is 2. The van der Waals surface area contributed by atoms with Crippen molar-refractivity contribution >= 4 is 17.3 Å². The van der Waals surface area contributed by atoms with Gasteiger partial charge in [0.15, 0.2) is 0 Å². The Morgan fingerprint density at radius 3 is 1.56 bits per heavy atom. The van der Waals surface area contributed by atoms with Crippen LogP contribution in [0.15, 0.2) is 41.4 Å². The molecule has 1 heterocycles. The van der Waals surface area contributed by atoms with E-state index in [9.17, 15) is 0 Å². The number of hydrogen-bond acceptors (Lipinski definition) is 2. The SMILES string of the molecule is CC(C)c1cccc(C(C)C)c1N=C(Nc1c(C(C)C)cccc1C(C)C)NN1CCCCC1. The van der Waals surface area contributed by atoms with Crippen LogP contribution in [0.2, 0.25) is 0 Å². The van der Waals surface area contributed by atoms with E-state index in [1.165, 1.54) is 47.2 Å². The lowest BCUT2D eigenvalue weighted by atomic mass is 9.92. The van der Waals surface area contributed by atoms with Crippen LogP contribution in [-0.4, -0.2) is 24.1 Å². The lowest BCUT2D eigenvalue weighted by Gasteiger charge is -2.30. The largest absolute Gasteiger partial charge is 0.324 e. The standard InChI is InChI=1S/C30H46N4/c1-20(2)24-14-12-15-25(21(3)4)28(24)31-30(33-34-18-10-9-11-19-34)32-29-26(22(5)6)16-13-17-27(29)23(7)8/h12-17,20-23H,9-11,18-19H2,1-8H3,(H2,31,32,33). The van der Waals surface area contributed by atoms with Crippen LogP contribution in [0.4, 0.5) is 11.4 Å². The van der Waals surface area contributed by atoms with Gasteiger partial charge >= 0.3 is 0 Å². The van der Waals surface area contributed by atoms with Crippen molar-refractivity contribution in [1.82, 2.24) is 10.4 Å². The van der Waals surface area contributed by atoms with E-state index < -0.39 is 0 Å². The summed E-state index contributed by atoms with van der Waals surface area (Å²) in [5.74, 6) is 2.48. The maximum Gasteiger partial charge on any atom is 0.215 e. The first kappa shape index (κ1) is 26.3. The zero-order chi connectivity index (χ0) is 24.8. The average Bonchev–Trinajstić information content (AvgIpc) is 2.79. The number of nitrogens with one attached hydrogen (secondary N) is 2. The molecule has 1 aliphatic rings. The fraction of sp³-hybridized carbons (Fsp3) is 0.567. The van der Waals surface area contributed by atoms with E-state index in [2.05, 4.69) is 108 Å². The summed E-state index contributed by atoms with van der Waals surface area (Å²) in [5, 5.41) is 6.13. The highest BCUT2D eigenvalue weighted by molar-refractivity contribution is 5.97. The Bertz CT molecular complexity index is 913. The summed E-state index contributed by atoms with van der Waals surface area (Å²) in [6, 6.07) is 13.3. The fourth-order valence-electron chi connectivity index (χ4n) is 4.80. The van der Waals surface area contributed by atoms with Crippen molar-refractivity contribution in [2.45, 2.75) is 98.3 Å². The second-order valence-electron chi connectivity index (χ2n) is 11.0. The Morgan fingerprint density at radius 2 is 1.12 bits per heavy atom. The van der Waals surface area contributed by atoms with Crippen LogP contribution in [-0.2, 0) is 0 Å². The molecule has 1 aliphatic heterocycles. The number of rotatable bonds is 7. The van der Waals surface area contributed by atoms with Gasteiger partial charge in [0, 0.05) is 18.8 Å². The van der Waals surface area contributed by atoms with E-state index in [1.807, 2.05) is 0 Å². The van der Waals surface area contributed by atoms with Gasteiger partial charge in [-0.1, -0.05) is 98.2 Å².